The highest BCUT2D eigenvalue weighted by Gasteiger charge is 2.16. The highest BCUT2D eigenvalue weighted by molar-refractivity contribution is 5.78. The Morgan fingerprint density at radius 2 is 1.91 bits per heavy atom. The van der Waals surface area contributed by atoms with E-state index < -0.39 is 0 Å². The summed E-state index contributed by atoms with van der Waals surface area (Å²) in [4.78, 5) is 25.0. The molecule has 3 amide bonds. The van der Waals surface area contributed by atoms with Crippen LogP contribution in [0.25, 0.3) is 0 Å². The summed E-state index contributed by atoms with van der Waals surface area (Å²) in [5.74, 6) is -0.0626. The lowest BCUT2D eigenvalue weighted by molar-refractivity contribution is -0.120. The van der Waals surface area contributed by atoms with Gasteiger partial charge in [0.1, 0.15) is 0 Å². The molecule has 1 aromatic carbocycles. The topological polar surface area (TPSA) is 61.4 Å². The van der Waals surface area contributed by atoms with Gasteiger partial charge in [-0.25, -0.2) is 4.79 Å². The maximum Gasteiger partial charge on any atom is 0.317 e. The molecule has 5 nitrogen and oxygen atoms in total. The minimum absolute atomic E-state index is 0.0443. The fourth-order valence-electron chi connectivity index (χ4n) is 2.90. The van der Waals surface area contributed by atoms with Gasteiger partial charge in [0.05, 0.1) is 6.04 Å². The summed E-state index contributed by atoms with van der Waals surface area (Å²) in [5.41, 5.74) is 4.00. The Hall–Kier alpha value is -2.04. The minimum atomic E-state index is -0.154. The summed E-state index contributed by atoms with van der Waals surface area (Å²) < 4.78 is 0. The zero-order valence-corrected chi connectivity index (χ0v) is 14.3. The van der Waals surface area contributed by atoms with Crippen LogP contribution >= 0.6 is 0 Å². The van der Waals surface area contributed by atoms with Gasteiger partial charge in [-0.2, -0.15) is 0 Å². The molecular weight excluding hydrogens is 290 g/mol. The van der Waals surface area contributed by atoms with Crippen LogP contribution < -0.4 is 10.6 Å². The minimum Gasteiger partial charge on any atom is -0.359 e. The second-order valence-corrected chi connectivity index (χ2v) is 6.25. The van der Waals surface area contributed by atoms with Crippen LogP contribution in [0, 0.1) is 0 Å². The lowest BCUT2D eigenvalue weighted by Gasteiger charge is -2.23. The summed E-state index contributed by atoms with van der Waals surface area (Å²) in [6, 6.07) is 6.34. The second-order valence-electron chi connectivity index (χ2n) is 6.25. The zero-order chi connectivity index (χ0) is 16.8. The van der Waals surface area contributed by atoms with E-state index in [0.717, 1.165) is 12.0 Å². The van der Waals surface area contributed by atoms with Crippen LogP contribution in [0.5, 0.6) is 0 Å². The number of urea groups is 1. The lowest BCUT2D eigenvalue weighted by Crippen LogP contribution is -2.40. The maximum absolute atomic E-state index is 12.2. The van der Waals surface area contributed by atoms with Crippen molar-refractivity contribution in [3.63, 3.8) is 0 Å². The van der Waals surface area contributed by atoms with E-state index in [1.165, 1.54) is 30.4 Å². The summed E-state index contributed by atoms with van der Waals surface area (Å²) in [7, 11) is 3.30. The molecule has 0 heterocycles. The van der Waals surface area contributed by atoms with Crippen LogP contribution in [0.1, 0.15) is 48.9 Å². The molecule has 2 rings (SSSR count). The average molecular weight is 317 g/mol. The molecule has 1 aliphatic rings. The molecule has 0 spiro atoms. The first-order chi connectivity index (χ1) is 11.0. The van der Waals surface area contributed by atoms with Crippen LogP contribution in [-0.4, -0.2) is 37.5 Å². The number of rotatable bonds is 5. The zero-order valence-electron chi connectivity index (χ0n) is 14.3. The van der Waals surface area contributed by atoms with E-state index in [1.54, 1.807) is 19.0 Å². The molecule has 1 aliphatic carbocycles. The predicted molar refractivity (Wildman–Crippen MR) is 91.3 cm³/mol. The van der Waals surface area contributed by atoms with Gasteiger partial charge in [0.15, 0.2) is 0 Å². The first kappa shape index (κ1) is 17.3. The number of carbonyl (C=O) groups is 2. The van der Waals surface area contributed by atoms with Crippen molar-refractivity contribution in [1.82, 2.24) is 15.5 Å². The standard InChI is InChI=1S/C18H27N3O2/c1-13(20-18(23)21(3)11-10-17(22)19-2)15-9-8-14-6-4-5-7-16(14)12-15/h8-9,12-13H,4-7,10-11H2,1-3H3,(H,19,22)(H,20,23). The molecule has 1 aromatic rings. The maximum atomic E-state index is 12.2. The lowest BCUT2D eigenvalue weighted by atomic mass is 9.89. The molecule has 1 unspecified atom stereocenters. The van der Waals surface area contributed by atoms with Crippen LogP contribution in [0.15, 0.2) is 18.2 Å². The third-order valence-electron chi connectivity index (χ3n) is 4.51. The van der Waals surface area contributed by atoms with Gasteiger partial charge in [-0.05, 0) is 49.3 Å². The van der Waals surface area contributed by atoms with Gasteiger partial charge < -0.3 is 15.5 Å². The smallest absolute Gasteiger partial charge is 0.317 e. The van der Waals surface area contributed by atoms with Gasteiger partial charge in [0, 0.05) is 27.1 Å². The van der Waals surface area contributed by atoms with E-state index in [4.69, 9.17) is 0 Å². The van der Waals surface area contributed by atoms with E-state index in [1.807, 2.05) is 6.92 Å². The Balaban J connectivity index is 1.91. The van der Waals surface area contributed by atoms with Crippen molar-refractivity contribution in [2.24, 2.45) is 0 Å². The van der Waals surface area contributed by atoms with Gasteiger partial charge in [-0.1, -0.05) is 18.2 Å². The molecular formula is C18H27N3O2. The third kappa shape index (κ3) is 4.71. The van der Waals surface area contributed by atoms with Crippen LogP contribution in [0.4, 0.5) is 4.79 Å². The molecule has 126 valence electrons. The molecule has 0 saturated carbocycles. The van der Waals surface area contributed by atoms with Crippen molar-refractivity contribution in [1.29, 1.82) is 0 Å². The van der Waals surface area contributed by atoms with Gasteiger partial charge in [-0.3, -0.25) is 4.79 Å². The molecule has 0 saturated heterocycles. The number of benzene rings is 1. The molecule has 5 heteroatoms. The van der Waals surface area contributed by atoms with E-state index in [2.05, 4.69) is 28.8 Å². The Labute approximate surface area is 138 Å². The Morgan fingerprint density at radius 3 is 2.61 bits per heavy atom. The number of carbonyl (C=O) groups excluding carboxylic acids is 2. The quantitative estimate of drug-likeness (QED) is 0.876. The molecule has 2 N–H and O–H groups in total. The number of hydrogen-bond acceptors (Lipinski definition) is 2. The summed E-state index contributed by atoms with van der Waals surface area (Å²) in [5, 5.41) is 5.56. The van der Waals surface area contributed by atoms with E-state index in [0.29, 0.717) is 13.0 Å². The predicted octanol–water partition coefficient (Wildman–Crippen LogP) is 2.40. The van der Waals surface area contributed by atoms with Crippen molar-refractivity contribution in [3.8, 4) is 0 Å². The normalized spacial score (nSPS) is 14.6. The molecule has 0 fully saturated rings. The SMILES string of the molecule is CNC(=O)CCN(C)C(=O)NC(C)c1ccc2c(c1)CCCC2. The van der Waals surface area contributed by atoms with Gasteiger partial charge in [-0.15, -0.1) is 0 Å². The van der Waals surface area contributed by atoms with E-state index in [-0.39, 0.29) is 18.0 Å². The largest absolute Gasteiger partial charge is 0.359 e. The van der Waals surface area contributed by atoms with Crippen molar-refractivity contribution in [2.75, 3.05) is 20.6 Å². The van der Waals surface area contributed by atoms with Gasteiger partial charge in [0.25, 0.3) is 0 Å². The van der Waals surface area contributed by atoms with Crippen LogP contribution in [0.2, 0.25) is 0 Å². The Bertz CT molecular complexity index is 571. The first-order valence-electron chi connectivity index (χ1n) is 8.35. The fraction of sp³-hybridized carbons (Fsp3) is 0.556. The highest BCUT2D eigenvalue weighted by Crippen LogP contribution is 2.24. The number of amides is 3. The summed E-state index contributed by atoms with van der Waals surface area (Å²) in [6.07, 6.45) is 5.14. The van der Waals surface area contributed by atoms with Gasteiger partial charge in [0.2, 0.25) is 5.91 Å². The Kier molecular flexibility index (Phi) is 6.02. The third-order valence-corrected chi connectivity index (χ3v) is 4.51. The fourth-order valence-corrected chi connectivity index (χ4v) is 2.90. The average Bonchev–Trinajstić information content (AvgIpc) is 2.58. The number of nitrogens with zero attached hydrogens (tertiary/aromatic N) is 1. The van der Waals surface area contributed by atoms with E-state index >= 15 is 0 Å². The number of aryl methyl sites for hydroxylation is 2. The Morgan fingerprint density at radius 1 is 1.22 bits per heavy atom. The first-order valence-corrected chi connectivity index (χ1v) is 8.35. The number of fused-ring (bicyclic) bond motifs is 1. The monoisotopic (exact) mass is 317 g/mol. The highest BCUT2D eigenvalue weighted by atomic mass is 16.2. The molecule has 0 bridgehead atoms. The summed E-state index contributed by atoms with van der Waals surface area (Å²) >= 11 is 0. The molecule has 0 aromatic heterocycles. The molecule has 0 radical (unpaired) electrons. The van der Waals surface area contributed by atoms with Gasteiger partial charge >= 0.3 is 6.03 Å². The van der Waals surface area contributed by atoms with Crippen molar-refractivity contribution >= 4 is 11.9 Å². The summed E-state index contributed by atoms with van der Waals surface area (Å²) in [6.45, 7) is 2.40. The number of nitrogens with one attached hydrogen (secondary N) is 2. The van der Waals surface area contributed by atoms with E-state index in [9.17, 15) is 9.59 Å². The molecule has 1 atom stereocenters. The second kappa shape index (κ2) is 7.99. The van der Waals surface area contributed by atoms with Crippen LogP contribution in [-0.2, 0) is 17.6 Å². The van der Waals surface area contributed by atoms with Crippen molar-refractivity contribution < 1.29 is 9.59 Å². The van der Waals surface area contributed by atoms with Crippen LogP contribution in [0.3, 0.4) is 0 Å². The van der Waals surface area contributed by atoms with Crippen molar-refractivity contribution in [3.05, 3.63) is 34.9 Å². The molecule has 0 aliphatic heterocycles. The molecule has 23 heavy (non-hydrogen) atoms. The van der Waals surface area contributed by atoms with Crippen molar-refractivity contribution in [2.45, 2.75) is 45.1 Å². The number of hydrogen-bond donors (Lipinski definition) is 2.